The number of hydrogen-bond donors (Lipinski definition) is 1. The van der Waals surface area contributed by atoms with Gasteiger partial charge in [0.25, 0.3) is 5.91 Å². The second-order valence-corrected chi connectivity index (χ2v) is 5.66. The molecule has 136 valence electrons. The zero-order chi connectivity index (χ0) is 18.9. The van der Waals surface area contributed by atoms with Crippen molar-refractivity contribution in [2.45, 2.75) is 13.1 Å². The van der Waals surface area contributed by atoms with Crippen LogP contribution in [0, 0.1) is 6.92 Å². The highest BCUT2D eigenvalue weighted by atomic mass is 19.4. The number of imidazole rings is 1. The second kappa shape index (κ2) is 6.66. The van der Waals surface area contributed by atoms with Gasteiger partial charge in [-0.25, -0.2) is 9.97 Å². The van der Waals surface area contributed by atoms with Crippen molar-refractivity contribution < 1.29 is 22.7 Å². The first kappa shape index (κ1) is 17.7. The van der Waals surface area contributed by atoms with Crippen molar-refractivity contribution in [2.75, 3.05) is 11.9 Å². The van der Waals surface area contributed by atoms with Crippen molar-refractivity contribution >= 4 is 22.6 Å². The van der Waals surface area contributed by atoms with Crippen LogP contribution in [-0.2, 0) is 7.05 Å². The number of carbonyl (C=O) groups excluding carboxylic acids is 1. The summed E-state index contributed by atoms with van der Waals surface area (Å²) in [5, 5.41) is 2.63. The van der Waals surface area contributed by atoms with Gasteiger partial charge in [-0.2, -0.15) is 13.2 Å². The predicted molar refractivity (Wildman–Crippen MR) is 89.2 cm³/mol. The molecule has 0 bridgehead atoms. The topological polar surface area (TPSA) is 69.0 Å². The highest BCUT2D eigenvalue weighted by Gasteiger charge is 2.28. The zero-order valence-electron chi connectivity index (χ0n) is 14.0. The highest BCUT2D eigenvalue weighted by molar-refractivity contribution is 6.05. The predicted octanol–water partition coefficient (Wildman–Crippen LogP) is 3.47. The van der Waals surface area contributed by atoms with E-state index in [2.05, 4.69) is 20.0 Å². The summed E-state index contributed by atoms with van der Waals surface area (Å²) in [6, 6.07) is 7.82. The Morgan fingerprint density at radius 3 is 2.69 bits per heavy atom. The Balaban J connectivity index is 1.69. The van der Waals surface area contributed by atoms with E-state index in [1.54, 1.807) is 18.2 Å². The molecule has 0 atom stereocenters. The first-order chi connectivity index (χ1) is 12.2. The molecule has 1 aromatic carbocycles. The summed E-state index contributed by atoms with van der Waals surface area (Å²) in [5.41, 5.74) is 2.36. The van der Waals surface area contributed by atoms with Crippen molar-refractivity contribution in [1.29, 1.82) is 0 Å². The average molecular weight is 364 g/mol. The number of rotatable bonds is 4. The molecule has 3 rings (SSSR count). The average Bonchev–Trinajstić information content (AvgIpc) is 2.87. The van der Waals surface area contributed by atoms with Crippen LogP contribution in [0.15, 0.2) is 36.5 Å². The monoisotopic (exact) mass is 364 g/mol. The molecule has 1 N–H and O–H groups in total. The SMILES string of the molecule is Cc1nc2cc(C(=O)Nc3ccc(OCC(F)(F)F)nc3)ccc2n1C. The van der Waals surface area contributed by atoms with E-state index in [4.69, 9.17) is 0 Å². The van der Waals surface area contributed by atoms with Gasteiger partial charge in [0, 0.05) is 18.7 Å². The summed E-state index contributed by atoms with van der Waals surface area (Å²) in [5.74, 6) is 0.280. The number of nitrogens with one attached hydrogen (secondary N) is 1. The lowest BCUT2D eigenvalue weighted by molar-refractivity contribution is -0.154. The van der Waals surface area contributed by atoms with Crippen LogP contribution >= 0.6 is 0 Å². The summed E-state index contributed by atoms with van der Waals surface area (Å²) >= 11 is 0. The van der Waals surface area contributed by atoms with E-state index in [0.717, 1.165) is 11.3 Å². The summed E-state index contributed by atoms with van der Waals surface area (Å²) < 4.78 is 42.7. The van der Waals surface area contributed by atoms with Gasteiger partial charge in [-0.05, 0) is 31.2 Å². The van der Waals surface area contributed by atoms with Crippen LogP contribution in [0.3, 0.4) is 0 Å². The van der Waals surface area contributed by atoms with Gasteiger partial charge >= 0.3 is 6.18 Å². The van der Waals surface area contributed by atoms with E-state index in [1.165, 1.54) is 18.3 Å². The van der Waals surface area contributed by atoms with E-state index in [9.17, 15) is 18.0 Å². The van der Waals surface area contributed by atoms with Crippen molar-refractivity contribution in [1.82, 2.24) is 14.5 Å². The number of hydrogen-bond acceptors (Lipinski definition) is 4. The summed E-state index contributed by atoms with van der Waals surface area (Å²) in [7, 11) is 1.89. The Morgan fingerprint density at radius 2 is 2.04 bits per heavy atom. The first-order valence-electron chi connectivity index (χ1n) is 7.63. The minimum absolute atomic E-state index is 0.175. The number of pyridine rings is 1. The molecule has 0 fully saturated rings. The van der Waals surface area contributed by atoms with E-state index in [1.807, 2.05) is 18.5 Å². The van der Waals surface area contributed by atoms with Gasteiger partial charge in [0.15, 0.2) is 6.61 Å². The number of benzene rings is 1. The summed E-state index contributed by atoms with van der Waals surface area (Å²) in [6.45, 7) is 0.447. The Kier molecular flexibility index (Phi) is 4.54. The van der Waals surface area contributed by atoms with Crippen LogP contribution < -0.4 is 10.1 Å². The number of carbonyl (C=O) groups is 1. The lowest BCUT2D eigenvalue weighted by Crippen LogP contribution is -2.19. The van der Waals surface area contributed by atoms with Crippen LogP contribution in [0.2, 0.25) is 0 Å². The third-order valence-electron chi connectivity index (χ3n) is 3.74. The van der Waals surface area contributed by atoms with Gasteiger partial charge in [-0.15, -0.1) is 0 Å². The van der Waals surface area contributed by atoms with Gasteiger partial charge in [0.05, 0.1) is 22.9 Å². The number of anilines is 1. The number of alkyl halides is 3. The van der Waals surface area contributed by atoms with Gasteiger partial charge in [0.1, 0.15) is 5.82 Å². The van der Waals surface area contributed by atoms with Crippen molar-refractivity contribution in [3.05, 3.63) is 47.9 Å². The van der Waals surface area contributed by atoms with Crippen molar-refractivity contribution in [3.8, 4) is 5.88 Å². The van der Waals surface area contributed by atoms with E-state index < -0.39 is 12.8 Å². The maximum Gasteiger partial charge on any atom is 0.422 e. The van der Waals surface area contributed by atoms with Crippen LogP contribution in [-0.4, -0.2) is 33.2 Å². The quantitative estimate of drug-likeness (QED) is 0.770. The van der Waals surface area contributed by atoms with Gasteiger partial charge in [-0.3, -0.25) is 4.79 Å². The standard InChI is InChI=1S/C17H15F3N4O2/c1-10-22-13-7-11(3-5-14(13)24(10)2)16(25)23-12-4-6-15(21-8-12)26-9-17(18,19)20/h3-8H,9H2,1-2H3,(H,23,25). The molecule has 0 spiro atoms. The minimum Gasteiger partial charge on any atom is -0.468 e. The van der Waals surface area contributed by atoms with Crippen molar-refractivity contribution in [2.24, 2.45) is 7.05 Å². The zero-order valence-corrected chi connectivity index (χ0v) is 14.0. The molecule has 2 heterocycles. The number of halogens is 3. The smallest absolute Gasteiger partial charge is 0.422 e. The Morgan fingerprint density at radius 1 is 1.27 bits per heavy atom. The molecule has 9 heteroatoms. The molecule has 0 aliphatic carbocycles. The molecule has 0 aliphatic heterocycles. The van der Waals surface area contributed by atoms with Crippen LogP contribution in [0.4, 0.5) is 18.9 Å². The maximum absolute atomic E-state index is 12.3. The number of amides is 1. The molecule has 0 unspecified atom stereocenters. The number of aromatic nitrogens is 3. The number of ether oxygens (including phenoxy) is 1. The molecule has 0 saturated carbocycles. The first-order valence-corrected chi connectivity index (χ1v) is 7.63. The fraction of sp³-hybridized carbons (Fsp3) is 0.235. The van der Waals surface area contributed by atoms with E-state index >= 15 is 0 Å². The second-order valence-electron chi connectivity index (χ2n) is 5.66. The largest absolute Gasteiger partial charge is 0.468 e. The molecule has 3 aromatic rings. The van der Waals surface area contributed by atoms with Gasteiger partial charge in [0.2, 0.25) is 5.88 Å². The lowest BCUT2D eigenvalue weighted by atomic mass is 10.2. The van der Waals surface area contributed by atoms with E-state index in [-0.39, 0.29) is 11.8 Å². The van der Waals surface area contributed by atoms with Crippen molar-refractivity contribution in [3.63, 3.8) is 0 Å². The molecular formula is C17H15F3N4O2. The number of fused-ring (bicyclic) bond motifs is 1. The van der Waals surface area contributed by atoms with Crippen LogP contribution in [0.1, 0.15) is 16.2 Å². The normalized spacial score (nSPS) is 11.6. The number of aryl methyl sites for hydroxylation is 2. The van der Waals surface area contributed by atoms with Gasteiger partial charge in [-0.1, -0.05) is 0 Å². The molecule has 6 nitrogen and oxygen atoms in total. The molecule has 1 amide bonds. The highest BCUT2D eigenvalue weighted by Crippen LogP contribution is 2.20. The summed E-state index contributed by atoms with van der Waals surface area (Å²) in [6.07, 6.45) is -3.20. The fourth-order valence-electron chi connectivity index (χ4n) is 2.36. The van der Waals surface area contributed by atoms with E-state index in [0.29, 0.717) is 16.8 Å². The molecular weight excluding hydrogens is 349 g/mol. The Bertz CT molecular complexity index is 949. The lowest BCUT2D eigenvalue weighted by Gasteiger charge is -2.09. The molecule has 0 aliphatic rings. The summed E-state index contributed by atoms with van der Waals surface area (Å²) in [4.78, 5) is 20.5. The third kappa shape index (κ3) is 3.93. The maximum atomic E-state index is 12.3. The molecule has 26 heavy (non-hydrogen) atoms. The molecule has 0 radical (unpaired) electrons. The fourth-order valence-corrected chi connectivity index (χ4v) is 2.36. The Labute approximate surface area is 146 Å². The van der Waals surface area contributed by atoms with Gasteiger partial charge < -0.3 is 14.6 Å². The third-order valence-corrected chi connectivity index (χ3v) is 3.74. The molecule has 0 saturated heterocycles. The number of nitrogens with zero attached hydrogens (tertiary/aromatic N) is 3. The Hall–Kier alpha value is -3.10. The molecule has 2 aromatic heterocycles. The minimum atomic E-state index is -4.43. The van der Waals surface area contributed by atoms with Crippen LogP contribution in [0.5, 0.6) is 5.88 Å². The van der Waals surface area contributed by atoms with Crippen LogP contribution in [0.25, 0.3) is 11.0 Å².